The van der Waals surface area contributed by atoms with E-state index in [1.165, 1.54) is 5.01 Å². The maximum Gasteiger partial charge on any atom is 0.281 e. The zero-order valence-corrected chi connectivity index (χ0v) is 13.5. The SMILES string of the molecule is O=C1/C(=C\c2ccccc2)C(c2ccccc2)=NN1c1ccccc1. The van der Waals surface area contributed by atoms with Crippen LogP contribution in [0.2, 0.25) is 0 Å². The number of carbonyl (C=O) groups excluding carboxylic acids is 1. The highest BCUT2D eigenvalue weighted by Crippen LogP contribution is 2.27. The van der Waals surface area contributed by atoms with Gasteiger partial charge in [-0.3, -0.25) is 4.79 Å². The average molecular weight is 324 g/mol. The Morgan fingerprint density at radius 3 is 1.92 bits per heavy atom. The molecule has 120 valence electrons. The van der Waals surface area contributed by atoms with Gasteiger partial charge in [-0.1, -0.05) is 78.9 Å². The minimum Gasteiger partial charge on any atom is -0.267 e. The third kappa shape index (κ3) is 3.00. The van der Waals surface area contributed by atoms with E-state index in [9.17, 15) is 4.79 Å². The van der Waals surface area contributed by atoms with E-state index in [1.807, 2.05) is 97.1 Å². The van der Waals surface area contributed by atoms with Crippen molar-refractivity contribution in [2.24, 2.45) is 5.10 Å². The third-order valence-electron chi connectivity index (χ3n) is 4.04. The molecule has 0 aromatic heterocycles. The van der Waals surface area contributed by atoms with E-state index in [2.05, 4.69) is 5.10 Å². The molecule has 1 amide bonds. The maximum absolute atomic E-state index is 13.0. The summed E-state index contributed by atoms with van der Waals surface area (Å²) in [7, 11) is 0. The molecule has 0 saturated heterocycles. The monoisotopic (exact) mass is 324 g/mol. The number of nitrogens with zero attached hydrogens (tertiary/aromatic N) is 2. The Bertz CT molecular complexity index is 945. The van der Waals surface area contributed by atoms with E-state index in [1.54, 1.807) is 0 Å². The predicted octanol–water partition coefficient (Wildman–Crippen LogP) is 4.52. The van der Waals surface area contributed by atoms with Crippen molar-refractivity contribution in [1.29, 1.82) is 0 Å². The second-order valence-electron chi connectivity index (χ2n) is 5.74. The van der Waals surface area contributed by atoms with Crippen molar-refractivity contribution in [3.8, 4) is 0 Å². The molecule has 3 aromatic carbocycles. The number of amides is 1. The molecule has 0 atom stereocenters. The van der Waals surface area contributed by atoms with Crippen LogP contribution >= 0.6 is 0 Å². The van der Waals surface area contributed by atoms with E-state index in [4.69, 9.17) is 0 Å². The first kappa shape index (κ1) is 15.1. The summed E-state index contributed by atoms with van der Waals surface area (Å²) in [6.07, 6.45) is 1.90. The van der Waals surface area contributed by atoms with Crippen LogP contribution in [0.4, 0.5) is 5.69 Å². The fourth-order valence-corrected chi connectivity index (χ4v) is 2.81. The molecule has 0 aliphatic carbocycles. The number of hydrazone groups is 1. The molecule has 0 bridgehead atoms. The molecule has 0 fully saturated rings. The third-order valence-corrected chi connectivity index (χ3v) is 4.04. The van der Waals surface area contributed by atoms with Crippen molar-refractivity contribution >= 4 is 23.4 Å². The molecule has 0 radical (unpaired) electrons. The van der Waals surface area contributed by atoms with Gasteiger partial charge in [0.15, 0.2) is 0 Å². The molecular formula is C22H16N2O. The van der Waals surface area contributed by atoms with Crippen LogP contribution in [0.1, 0.15) is 11.1 Å². The van der Waals surface area contributed by atoms with Crippen LogP contribution in [-0.2, 0) is 4.79 Å². The molecule has 25 heavy (non-hydrogen) atoms. The molecule has 0 unspecified atom stereocenters. The van der Waals surface area contributed by atoms with Gasteiger partial charge in [-0.15, -0.1) is 0 Å². The lowest BCUT2D eigenvalue weighted by Gasteiger charge is -2.10. The van der Waals surface area contributed by atoms with Crippen LogP contribution in [0.5, 0.6) is 0 Å². The second kappa shape index (κ2) is 6.57. The van der Waals surface area contributed by atoms with Gasteiger partial charge in [-0.2, -0.15) is 10.1 Å². The average Bonchev–Trinajstić information content (AvgIpc) is 3.01. The van der Waals surface area contributed by atoms with Crippen LogP contribution in [-0.4, -0.2) is 11.6 Å². The van der Waals surface area contributed by atoms with Crippen molar-refractivity contribution in [3.63, 3.8) is 0 Å². The van der Waals surface area contributed by atoms with Gasteiger partial charge in [0.2, 0.25) is 0 Å². The first-order chi connectivity index (χ1) is 12.3. The lowest BCUT2D eigenvalue weighted by Crippen LogP contribution is -2.21. The fraction of sp³-hybridized carbons (Fsp3) is 0. The molecule has 0 N–H and O–H groups in total. The highest BCUT2D eigenvalue weighted by atomic mass is 16.2. The number of para-hydroxylation sites is 1. The van der Waals surface area contributed by atoms with Gasteiger partial charge in [0.25, 0.3) is 5.91 Å². The summed E-state index contributed by atoms with van der Waals surface area (Å²) in [6.45, 7) is 0. The van der Waals surface area contributed by atoms with E-state index in [0.717, 1.165) is 16.8 Å². The zero-order valence-electron chi connectivity index (χ0n) is 13.5. The molecule has 1 aliphatic heterocycles. The molecule has 0 spiro atoms. The van der Waals surface area contributed by atoms with Gasteiger partial charge in [0, 0.05) is 5.56 Å². The summed E-state index contributed by atoms with van der Waals surface area (Å²) in [5.74, 6) is -0.117. The summed E-state index contributed by atoms with van der Waals surface area (Å²) >= 11 is 0. The molecule has 1 aliphatic rings. The second-order valence-corrected chi connectivity index (χ2v) is 5.74. The number of rotatable bonds is 3. The summed E-state index contributed by atoms with van der Waals surface area (Å²) in [6, 6.07) is 29.1. The van der Waals surface area contributed by atoms with E-state index in [0.29, 0.717) is 11.3 Å². The van der Waals surface area contributed by atoms with Gasteiger partial charge in [-0.25, -0.2) is 0 Å². The van der Waals surface area contributed by atoms with Crippen molar-refractivity contribution in [2.75, 3.05) is 5.01 Å². The normalized spacial score (nSPS) is 15.5. The Morgan fingerprint density at radius 2 is 1.28 bits per heavy atom. The van der Waals surface area contributed by atoms with Gasteiger partial charge < -0.3 is 0 Å². The lowest BCUT2D eigenvalue weighted by atomic mass is 10.0. The summed E-state index contributed by atoms with van der Waals surface area (Å²) in [5, 5.41) is 6.09. The Morgan fingerprint density at radius 1 is 0.720 bits per heavy atom. The van der Waals surface area contributed by atoms with E-state index in [-0.39, 0.29) is 5.91 Å². The van der Waals surface area contributed by atoms with Crippen molar-refractivity contribution < 1.29 is 4.79 Å². The van der Waals surface area contributed by atoms with Gasteiger partial charge in [-0.05, 0) is 23.8 Å². The Kier molecular flexibility index (Phi) is 3.97. The molecule has 3 heteroatoms. The zero-order chi connectivity index (χ0) is 17.1. The number of anilines is 1. The predicted molar refractivity (Wildman–Crippen MR) is 101 cm³/mol. The first-order valence-corrected chi connectivity index (χ1v) is 8.13. The molecule has 1 heterocycles. The summed E-state index contributed by atoms with van der Waals surface area (Å²) in [4.78, 5) is 13.0. The maximum atomic E-state index is 13.0. The topological polar surface area (TPSA) is 32.7 Å². The Labute approximate surface area is 146 Å². The van der Waals surface area contributed by atoms with Gasteiger partial charge in [0.1, 0.15) is 5.71 Å². The molecule has 4 rings (SSSR count). The van der Waals surface area contributed by atoms with Crippen molar-refractivity contribution in [1.82, 2.24) is 0 Å². The van der Waals surface area contributed by atoms with Crippen molar-refractivity contribution in [3.05, 3.63) is 108 Å². The quantitative estimate of drug-likeness (QED) is 0.652. The number of carbonyl (C=O) groups is 1. The number of benzene rings is 3. The molecule has 0 saturated carbocycles. The van der Waals surface area contributed by atoms with E-state index >= 15 is 0 Å². The first-order valence-electron chi connectivity index (χ1n) is 8.13. The fourth-order valence-electron chi connectivity index (χ4n) is 2.81. The van der Waals surface area contributed by atoms with Crippen LogP contribution in [0.15, 0.2) is 102 Å². The minimum absolute atomic E-state index is 0.117. The molecule has 3 nitrogen and oxygen atoms in total. The Hall–Kier alpha value is -3.46. The van der Waals surface area contributed by atoms with E-state index < -0.39 is 0 Å². The summed E-state index contributed by atoms with van der Waals surface area (Å²) < 4.78 is 0. The Balaban J connectivity index is 1.83. The van der Waals surface area contributed by atoms with Crippen LogP contribution in [0, 0.1) is 0 Å². The highest BCUT2D eigenvalue weighted by molar-refractivity contribution is 6.37. The lowest BCUT2D eigenvalue weighted by molar-refractivity contribution is -0.114. The van der Waals surface area contributed by atoms with Crippen LogP contribution in [0.3, 0.4) is 0 Å². The molecular weight excluding hydrogens is 308 g/mol. The standard InChI is InChI=1S/C22H16N2O/c25-22-20(16-17-10-4-1-5-11-17)21(18-12-6-2-7-13-18)23-24(22)19-14-8-3-9-15-19/h1-16H/b20-16-. The number of hydrogen-bond donors (Lipinski definition) is 0. The largest absolute Gasteiger partial charge is 0.281 e. The summed E-state index contributed by atoms with van der Waals surface area (Å²) in [5.41, 5.74) is 3.96. The van der Waals surface area contributed by atoms with Crippen molar-refractivity contribution in [2.45, 2.75) is 0 Å². The van der Waals surface area contributed by atoms with Crippen LogP contribution in [0.25, 0.3) is 6.08 Å². The minimum atomic E-state index is -0.117. The van der Waals surface area contributed by atoms with Crippen LogP contribution < -0.4 is 5.01 Å². The van der Waals surface area contributed by atoms with Gasteiger partial charge in [0.05, 0.1) is 11.3 Å². The van der Waals surface area contributed by atoms with Gasteiger partial charge >= 0.3 is 0 Å². The smallest absolute Gasteiger partial charge is 0.267 e. The highest BCUT2D eigenvalue weighted by Gasteiger charge is 2.31. The molecule has 3 aromatic rings. The number of hydrogen-bond acceptors (Lipinski definition) is 2.